The summed E-state index contributed by atoms with van der Waals surface area (Å²) in [4.78, 5) is 2.56. The summed E-state index contributed by atoms with van der Waals surface area (Å²) in [5.41, 5.74) is 8.72. The number of nitrogens with two attached hydrogens (primary N) is 1. The fourth-order valence-corrected chi connectivity index (χ4v) is 2.70. The lowest BCUT2D eigenvalue weighted by Crippen LogP contribution is -2.38. The molecule has 19 heavy (non-hydrogen) atoms. The average Bonchev–Trinajstić information content (AvgIpc) is 2.38. The molecule has 0 saturated heterocycles. The fraction of sp³-hybridized carbons (Fsp3) is 0.647. The maximum Gasteiger partial charge on any atom is 0.0417 e. The van der Waals surface area contributed by atoms with Crippen LogP contribution < -0.4 is 10.6 Å². The highest BCUT2D eigenvalue weighted by atomic mass is 15.2. The topological polar surface area (TPSA) is 29.3 Å². The van der Waals surface area contributed by atoms with Gasteiger partial charge in [0.2, 0.25) is 0 Å². The summed E-state index contributed by atoms with van der Waals surface area (Å²) in [6, 6.07) is 9.27. The Kier molecular flexibility index (Phi) is 6.36. The third-order valence-corrected chi connectivity index (χ3v) is 3.68. The van der Waals surface area contributed by atoms with Gasteiger partial charge in [-0.05, 0) is 37.3 Å². The maximum atomic E-state index is 6.14. The van der Waals surface area contributed by atoms with E-state index in [0.29, 0.717) is 12.0 Å². The molecule has 0 aliphatic carbocycles. The summed E-state index contributed by atoms with van der Waals surface area (Å²) < 4.78 is 0. The minimum Gasteiger partial charge on any atom is -0.368 e. The van der Waals surface area contributed by atoms with E-state index in [-0.39, 0.29) is 6.04 Å². The highest BCUT2D eigenvalue weighted by Gasteiger charge is 2.20. The molecule has 1 atom stereocenters. The highest BCUT2D eigenvalue weighted by Crippen LogP contribution is 2.29. The van der Waals surface area contributed by atoms with E-state index in [4.69, 9.17) is 5.73 Å². The predicted molar refractivity (Wildman–Crippen MR) is 85.6 cm³/mol. The van der Waals surface area contributed by atoms with E-state index in [1.54, 1.807) is 0 Å². The van der Waals surface area contributed by atoms with Gasteiger partial charge in [0.15, 0.2) is 0 Å². The lowest BCUT2D eigenvalue weighted by Gasteiger charge is -2.36. The molecule has 0 aliphatic rings. The Hall–Kier alpha value is -1.02. The second-order valence-electron chi connectivity index (χ2n) is 5.86. The van der Waals surface area contributed by atoms with Gasteiger partial charge in [-0.15, -0.1) is 0 Å². The second kappa shape index (κ2) is 7.54. The molecule has 0 heterocycles. The first-order chi connectivity index (χ1) is 9.01. The van der Waals surface area contributed by atoms with E-state index in [2.05, 4.69) is 63.8 Å². The zero-order valence-corrected chi connectivity index (χ0v) is 13.2. The van der Waals surface area contributed by atoms with Gasteiger partial charge in [0.25, 0.3) is 0 Å². The summed E-state index contributed by atoms with van der Waals surface area (Å²) >= 11 is 0. The Morgan fingerprint density at radius 2 is 1.63 bits per heavy atom. The summed E-state index contributed by atoms with van der Waals surface area (Å²) in [5, 5.41) is 0. The molecule has 1 rings (SSSR count). The van der Waals surface area contributed by atoms with Gasteiger partial charge in [-0.25, -0.2) is 0 Å². The van der Waals surface area contributed by atoms with Gasteiger partial charge in [0.1, 0.15) is 0 Å². The number of hydrogen-bond acceptors (Lipinski definition) is 2. The molecule has 0 aromatic heterocycles. The van der Waals surface area contributed by atoms with Crippen LogP contribution in [0.5, 0.6) is 0 Å². The molecule has 2 nitrogen and oxygen atoms in total. The molecule has 0 aliphatic heterocycles. The Morgan fingerprint density at radius 3 is 2.11 bits per heavy atom. The van der Waals surface area contributed by atoms with Crippen LogP contribution in [0.15, 0.2) is 24.3 Å². The van der Waals surface area contributed by atoms with Crippen molar-refractivity contribution in [1.29, 1.82) is 0 Å². The quantitative estimate of drug-likeness (QED) is 0.791. The fourth-order valence-electron chi connectivity index (χ4n) is 2.70. The monoisotopic (exact) mass is 262 g/mol. The molecule has 0 spiro atoms. The number of hydrogen-bond donors (Lipinski definition) is 1. The number of nitrogens with zero attached hydrogens (tertiary/aromatic N) is 1. The van der Waals surface area contributed by atoms with Gasteiger partial charge >= 0.3 is 0 Å². The molecule has 0 saturated carbocycles. The second-order valence-corrected chi connectivity index (χ2v) is 5.86. The average molecular weight is 262 g/mol. The zero-order chi connectivity index (χ0) is 14.4. The normalized spacial score (nSPS) is 13.1. The van der Waals surface area contributed by atoms with Crippen molar-refractivity contribution in [1.82, 2.24) is 0 Å². The molecule has 0 radical (unpaired) electrons. The molecule has 1 aromatic carbocycles. The molecule has 108 valence electrons. The van der Waals surface area contributed by atoms with E-state index >= 15 is 0 Å². The standard InChI is InChI=1S/C17H30N2/c1-6-15(7-2)19(12-13(3)4)17-11-9-8-10-16(17)14(5)18/h8-11,13-15H,6-7,12,18H2,1-5H3/t14-/m0/s1. The third-order valence-electron chi connectivity index (χ3n) is 3.68. The van der Waals surface area contributed by atoms with Crippen LogP contribution in [0, 0.1) is 5.92 Å². The Balaban J connectivity index is 3.16. The molecule has 0 fully saturated rings. The first kappa shape index (κ1) is 16.0. The number of rotatable bonds is 7. The molecule has 0 unspecified atom stereocenters. The van der Waals surface area contributed by atoms with E-state index in [1.807, 2.05) is 0 Å². The van der Waals surface area contributed by atoms with Gasteiger partial charge in [-0.1, -0.05) is 45.9 Å². The minimum absolute atomic E-state index is 0.0835. The van der Waals surface area contributed by atoms with Crippen LogP contribution in [0.2, 0.25) is 0 Å². The largest absolute Gasteiger partial charge is 0.368 e. The summed E-state index contributed by atoms with van der Waals surface area (Å²) in [5.74, 6) is 0.654. The molecule has 2 N–H and O–H groups in total. The van der Waals surface area contributed by atoms with Crippen molar-refractivity contribution in [3.05, 3.63) is 29.8 Å². The van der Waals surface area contributed by atoms with Crippen molar-refractivity contribution in [3.63, 3.8) is 0 Å². The van der Waals surface area contributed by atoms with Crippen molar-refractivity contribution in [2.24, 2.45) is 11.7 Å². The van der Waals surface area contributed by atoms with Crippen molar-refractivity contribution in [2.75, 3.05) is 11.4 Å². The SMILES string of the molecule is CCC(CC)N(CC(C)C)c1ccccc1[C@H](C)N. The summed E-state index contributed by atoms with van der Waals surface area (Å²) in [7, 11) is 0. The van der Waals surface area contributed by atoms with Gasteiger partial charge in [0, 0.05) is 24.3 Å². The van der Waals surface area contributed by atoms with Crippen LogP contribution in [-0.2, 0) is 0 Å². The summed E-state index contributed by atoms with van der Waals surface area (Å²) in [6.07, 6.45) is 2.35. The zero-order valence-electron chi connectivity index (χ0n) is 13.2. The Bertz CT molecular complexity index is 367. The van der Waals surface area contributed by atoms with Crippen LogP contribution in [0.4, 0.5) is 5.69 Å². The van der Waals surface area contributed by atoms with Crippen molar-refractivity contribution in [2.45, 2.75) is 59.5 Å². The lowest BCUT2D eigenvalue weighted by atomic mass is 10.0. The highest BCUT2D eigenvalue weighted by molar-refractivity contribution is 5.55. The number of anilines is 1. The summed E-state index contributed by atoms with van der Waals surface area (Å²) in [6.45, 7) is 12.3. The van der Waals surface area contributed by atoms with Crippen LogP contribution in [0.3, 0.4) is 0 Å². The van der Waals surface area contributed by atoms with Crippen molar-refractivity contribution in [3.8, 4) is 0 Å². The lowest BCUT2D eigenvalue weighted by molar-refractivity contribution is 0.505. The first-order valence-corrected chi connectivity index (χ1v) is 7.62. The van der Waals surface area contributed by atoms with Crippen LogP contribution in [0.1, 0.15) is 59.1 Å². The van der Waals surface area contributed by atoms with E-state index in [0.717, 1.165) is 6.54 Å². The first-order valence-electron chi connectivity index (χ1n) is 7.62. The molecule has 1 aromatic rings. The van der Waals surface area contributed by atoms with Gasteiger partial charge in [-0.3, -0.25) is 0 Å². The van der Waals surface area contributed by atoms with Crippen LogP contribution in [-0.4, -0.2) is 12.6 Å². The van der Waals surface area contributed by atoms with Crippen molar-refractivity contribution >= 4 is 5.69 Å². The minimum atomic E-state index is 0.0835. The molecular formula is C17H30N2. The van der Waals surface area contributed by atoms with Crippen LogP contribution >= 0.6 is 0 Å². The van der Waals surface area contributed by atoms with Gasteiger partial charge in [-0.2, -0.15) is 0 Å². The third kappa shape index (κ3) is 4.24. The van der Waals surface area contributed by atoms with Gasteiger partial charge < -0.3 is 10.6 Å². The smallest absolute Gasteiger partial charge is 0.0417 e. The number of para-hydroxylation sites is 1. The van der Waals surface area contributed by atoms with Gasteiger partial charge in [0.05, 0.1) is 0 Å². The molecular weight excluding hydrogens is 232 g/mol. The van der Waals surface area contributed by atoms with E-state index in [9.17, 15) is 0 Å². The number of benzene rings is 1. The van der Waals surface area contributed by atoms with Crippen molar-refractivity contribution < 1.29 is 0 Å². The molecule has 0 bridgehead atoms. The Labute approximate surface area is 119 Å². The predicted octanol–water partition coefficient (Wildman–Crippen LogP) is 4.36. The molecule has 0 amide bonds. The Morgan fingerprint density at radius 1 is 1.05 bits per heavy atom. The van der Waals surface area contributed by atoms with Crippen LogP contribution in [0.25, 0.3) is 0 Å². The molecule has 2 heteroatoms. The van der Waals surface area contributed by atoms with E-state index < -0.39 is 0 Å². The maximum absolute atomic E-state index is 6.14. The van der Waals surface area contributed by atoms with E-state index in [1.165, 1.54) is 24.1 Å².